The van der Waals surface area contributed by atoms with E-state index in [9.17, 15) is 0 Å². The number of carboxylic acid groups (broad SMARTS) is 66. The molecule has 0 amide bonds. The predicted molar refractivity (Wildman–Crippen MR) is 353 cm³/mol. The van der Waals surface area contributed by atoms with Gasteiger partial charge in [0.1, 0.15) is 0 Å². The molecule has 0 aromatic rings. The molecule has 0 aliphatic carbocycles. The summed E-state index contributed by atoms with van der Waals surface area (Å²) in [7, 11) is 0. The molecule has 0 unspecified atom stereocenters. The molecule has 0 spiro atoms. The van der Waals surface area contributed by atoms with Gasteiger partial charge < -0.3 is 351 Å². The molecule has 0 atom stereocenters. The Bertz CT molecular complexity index is 1890. The zero-order valence-electron chi connectivity index (χ0n) is 61.4. The summed E-state index contributed by atoms with van der Waals surface area (Å²) in [6.45, 7) is 0. The van der Waals surface area contributed by atoms with Gasteiger partial charge in [-0.2, -0.15) is 0 Å². The van der Waals surface area contributed by atoms with Crippen molar-refractivity contribution >= 4 is 316 Å². The standard InChI is InChI=1S/33CH2O3.3Ca/c33*2-1(3)4;;;/h33*(H2,2,3,4);;;/q;;;;;;;;;;;;;;;;;;;;;;;;;;;;;;;;;3*+2/p-6. The molecule has 0 aliphatic rings. The SMILES string of the molecule is O=C(O)O.O=C(O)O.O=C(O)O.O=C(O)O.O=C(O)O.O=C(O)O.O=C(O)O.O=C(O)O.O=C(O)O.O=C(O)O.O=C(O)O.O=C(O)O.O=C(O)O.O=C(O)O.O=C(O)O.O=C(O)O.O=C(O)O.O=C(O)O.O=C(O)O.O=C(O)O.O=C(O)O.O=C(O)O.O=C(O)O.O=C(O)O.O=C(O)O.O=C(O)O.O=C(O)O.O=C(O)O.O=C(O)O.O=C(O)O.O=C([O-])[O-].O=C([O-])[O-].O=C([O-])[O-].[Ca+2].[Ca+2].[Ca+2]. The van der Waals surface area contributed by atoms with Crippen LogP contribution in [0.1, 0.15) is 0 Å². The summed E-state index contributed by atoms with van der Waals surface area (Å²) in [5, 5.41) is 468. The molecule has 0 radical (unpaired) electrons. The van der Waals surface area contributed by atoms with E-state index in [0.29, 0.717) is 0 Å². The Morgan fingerprint density at radius 2 is 0.0741 bits per heavy atom. The summed E-state index contributed by atoms with van der Waals surface area (Å²) < 4.78 is 0. The molecule has 0 aromatic heterocycles. The molecule has 0 fully saturated rings. The molecule has 0 saturated carbocycles. The smallest absolute Gasteiger partial charge is 0.652 e. The molecule has 60 N–H and O–H groups in total. The largest absolute Gasteiger partial charge is 2.00 e. The van der Waals surface area contributed by atoms with Crippen LogP contribution in [0.25, 0.3) is 0 Å². The second-order valence-corrected chi connectivity index (χ2v) is 9.23. The first-order chi connectivity index (χ1) is 57.2. The fraction of sp³-hybridized carbons (Fsp3) is 0. The van der Waals surface area contributed by atoms with Crippen LogP contribution in [0, 0.1) is 0 Å². The first-order valence-electron chi connectivity index (χ1n) is 21.4. The van der Waals surface area contributed by atoms with Gasteiger partial charge in [-0.3, -0.25) is 0 Å². The molecule has 135 heavy (non-hydrogen) atoms. The van der Waals surface area contributed by atoms with Gasteiger partial charge in [-0.25, -0.2) is 144 Å². The zero-order chi connectivity index (χ0) is 118. The molecule has 0 aliphatic heterocycles. The van der Waals surface area contributed by atoms with Gasteiger partial charge in [0.15, 0.2) is 0 Å². The molecule has 102 heteroatoms. The molecular weight excluding hydrogens is 2100 g/mol. The van der Waals surface area contributed by atoms with Gasteiger partial charge in [0.05, 0.1) is 0 Å². The van der Waals surface area contributed by atoms with Crippen LogP contribution in [-0.2, 0) is 0 Å². The minimum Gasteiger partial charge on any atom is -0.652 e. The van der Waals surface area contributed by atoms with Crippen LogP contribution in [-0.4, -0.2) is 623 Å². The summed E-state index contributed by atoms with van der Waals surface area (Å²) in [4.78, 5) is 282. The third kappa shape index (κ3) is 3440. The summed E-state index contributed by atoms with van der Waals surface area (Å²) >= 11 is 0. The first-order valence-corrected chi connectivity index (χ1v) is 21.4. The van der Waals surface area contributed by atoms with E-state index in [2.05, 4.69) is 0 Å². The van der Waals surface area contributed by atoms with E-state index in [1.807, 2.05) is 0 Å². The molecule has 792 valence electrons. The Hall–Kier alpha value is -20.3. The quantitative estimate of drug-likeness (QED) is 0.119. The van der Waals surface area contributed by atoms with Crippen LogP contribution in [0.15, 0.2) is 0 Å². The van der Waals surface area contributed by atoms with Crippen molar-refractivity contribution in [3.63, 3.8) is 0 Å². The first kappa shape index (κ1) is 239. The van der Waals surface area contributed by atoms with Crippen LogP contribution in [0.2, 0.25) is 0 Å². The van der Waals surface area contributed by atoms with E-state index in [1.54, 1.807) is 0 Å². The summed E-state index contributed by atoms with van der Waals surface area (Å²) in [5.41, 5.74) is 0. The number of carbonyl (C=O) groups is 33. The van der Waals surface area contributed by atoms with Gasteiger partial charge in [-0.15, -0.1) is 0 Å². The van der Waals surface area contributed by atoms with E-state index < -0.39 is 203 Å². The molecule has 0 bridgehead atoms. The van der Waals surface area contributed by atoms with Gasteiger partial charge in [0, 0.05) is 0 Å². The zero-order valence-corrected chi connectivity index (χ0v) is 68.0. The normalized spacial score (nSPS) is 5.87. The number of hydrogen-bond donors (Lipinski definition) is 60. The second-order valence-electron chi connectivity index (χ2n) is 9.23. The molecule has 0 heterocycles. The Kier molecular flexibility index (Phi) is 413. The molecule has 0 rings (SSSR count). The van der Waals surface area contributed by atoms with E-state index in [-0.39, 0.29) is 113 Å². The van der Waals surface area contributed by atoms with Gasteiger partial charge in [-0.1, -0.05) is 0 Å². The topological polar surface area (TPSA) is 1920 Å². The molecule has 0 saturated heterocycles. The number of carbonyl (C=O) groups excluding carboxylic acids is 3. The fourth-order valence-electron chi connectivity index (χ4n) is 0. The van der Waals surface area contributed by atoms with Crippen molar-refractivity contribution in [1.82, 2.24) is 0 Å². The minimum absolute atomic E-state index is 0. The average Bonchev–Trinajstić information content (AvgIpc) is 3.36. The van der Waals surface area contributed by atoms with Crippen LogP contribution in [0.5, 0.6) is 0 Å². The molecule has 99 nitrogen and oxygen atoms in total. The van der Waals surface area contributed by atoms with Crippen molar-refractivity contribution in [2.75, 3.05) is 0 Å². The Morgan fingerprint density at radius 3 is 0.0741 bits per heavy atom. The van der Waals surface area contributed by atoms with E-state index >= 15 is 0 Å². The van der Waals surface area contributed by atoms with E-state index in [1.165, 1.54) is 0 Å². The molecular formula is C33H60Ca3O99. The van der Waals surface area contributed by atoms with Crippen LogP contribution in [0.3, 0.4) is 0 Å². The van der Waals surface area contributed by atoms with Crippen LogP contribution in [0.4, 0.5) is 158 Å². The Labute approximate surface area is 807 Å². The second kappa shape index (κ2) is 233. The van der Waals surface area contributed by atoms with Gasteiger partial charge in [0.2, 0.25) is 0 Å². The minimum atomic E-state index is -2.33. The average molecular weight is 2160 g/mol. The van der Waals surface area contributed by atoms with Crippen molar-refractivity contribution < 1.29 is 495 Å². The van der Waals surface area contributed by atoms with Crippen molar-refractivity contribution in [3.05, 3.63) is 0 Å². The summed E-state index contributed by atoms with van der Waals surface area (Å²) in [6.07, 6.45) is -62.0. The number of rotatable bonds is 0. The van der Waals surface area contributed by atoms with E-state index in [0.717, 1.165) is 0 Å². The van der Waals surface area contributed by atoms with Gasteiger partial charge in [-0.05, 0) is 18.5 Å². The third-order valence-corrected chi connectivity index (χ3v) is 0. The fourth-order valence-corrected chi connectivity index (χ4v) is 0. The summed E-state index contributed by atoms with van der Waals surface area (Å²) in [5.74, 6) is 0. The third-order valence-electron chi connectivity index (χ3n) is 0. The maximum absolute atomic E-state index is 8.56. The Balaban J connectivity index is -0.0000000220. The van der Waals surface area contributed by atoms with Crippen molar-refractivity contribution in [1.29, 1.82) is 0 Å². The Morgan fingerprint density at radius 1 is 0.0741 bits per heavy atom. The van der Waals surface area contributed by atoms with Crippen LogP contribution >= 0.6 is 0 Å². The summed E-state index contributed by atoms with van der Waals surface area (Å²) in [6, 6.07) is 0. The van der Waals surface area contributed by atoms with Crippen molar-refractivity contribution in [3.8, 4) is 0 Å². The maximum Gasteiger partial charge on any atom is 2.00 e. The van der Waals surface area contributed by atoms with Crippen molar-refractivity contribution in [2.24, 2.45) is 0 Å². The van der Waals surface area contributed by atoms with Gasteiger partial charge in [0.25, 0.3) is 0 Å². The van der Waals surface area contributed by atoms with Crippen LogP contribution < -0.4 is 30.6 Å². The molecule has 0 aromatic carbocycles. The van der Waals surface area contributed by atoms with E-state index in [4.69, 9.17) is 495 Å². The number of hydrogen-bond acceptors (Lipinski definition) is 39. The van der Waals surface area contributed by atoms with Crippen molar-refractivity contribution in [2.45, 2.75) is 0 Å². The maximum atomic E-state index is 8.56. The van der Waals surface area contributed by atoms with Gasteiger partial charge >= 0.3 is 298 Å². The predicted octanol–water partition coefficient (Wildman–Crippen LogP) is -1.81. The monoisotopic (exact) mass is 2160 g/mol.